The summed E-state index contributed by atoms with van der Waals surface area (Å²) in [6.07, 6.45) is 2.99. The lowest BCUT2D eigenvalue weighted by Gasteiger charge is -2.40. The molecular weight excluding hydrogens is 428 g/mol. The number of aliphatic hydroxyl groups is 1. The molecular formula is C23H24N4O6. The smallest absolute Gasteiger partial charge is 0.269 e. The number of nitrogens with one attached hydrogen (secondary N) is 1. The topological polar surface area (TPSA) is 125 Å². The standard InChI is InChI=1S/C23H24N4O6/c1-3-19(28)17-13-12-16-21(26(17)24-14-8-10-15(11-9-14)27(31)32)23(30)25(22(16)29)18-6-4-5-7-20(18)33-2/h4-13,16-17,19,21,24,28H,3H2,1-2H3/t16-,17-,19-,21+/m1/s1. The van der Waals surface area contributed by atoms with Gasteiger partial charge in [0.25, 0.3) is 11.6 Å². The number of amides is 2. The number of hydrogen-bond donors (Lipinski definition) is 2. The number of fused-ring (bicyclic) bond motifs is 1. The van der Waals surface area contributed by atoms with Gasteiger partial charge < -0.3 is 15.3 Å². The Labute approximate surface area is 190 Å². The van der Waals surface area contributed by atoms with E-state index in [9.17, 15) is 24.8 Å². The number of methoxy groups -OCH3 is 1. The van der Waals surface area contributed by atoms with Gasteiger partial charge in [-0.2, -0.15) is 0 Å². The van der Waals surface area contributed by atoms with Crippen molar-refractivity contribution in [1.82, 2.24) is 5.01 Å². The minimum Gasteiger partial charge on any atom is -0.495 e. The van der Waals surface area contributed by atoms with Crippen molar-refractivity contribution in [3.05, 3.63) is 70.8 Å². The van der Waals surface area contributed by atoms with Crippen LogP contribution in [-0.4, -0.2) is 52.2 Å². The normalized spacial score (nSPS) is 23.4. The Morgan fingerprint density at radius 3 is 2.45 bits per heavy atom. The van der Waals surface area contributed by atoms with Gasteiger partial charge in [-0.05, 0) is 30.7 Å². The van der Waals surface area contributed by atoms with E-state index < -0.39 is 40.8 Å². The lowest BCUT2D eigenvalue weighted by atomic mass is 9.92. The highest BCUT2D eigenvalue weighted by Gasteiger charge is 2.54. The van der Waals surface area contributed by atoms with Gasteiger partial charge >= 0.3 is 0 Å². The van der Waals surface area contributed by atoms with Crippen LogP contribution in [0.5, 0.6) is 5.75 Å². The van der Waals surface area contributed by atoms with Crippen molar-refractivity contribution < 1.29 is 24.4 Å². The summed E-state index contributed by atoms with van der Waals surface area (Å²) < 4.78 is 5.35. The second-order valence-electron chi connectivity index (χ2n) is 7.83. The SMILES string of the molecule is CC[C@@H](O)[C@H]1C=C[C@H]2C(=O)N(c3ccccc3OC)C(=O)[C@H]2N1Nc1ccc([N+](=O)[O-])cc1. The van der Waals surface area contributed by atoms with E-state index in [1.165, 1.54) is 31.4 Å². The highest BCUT2D eigenvalue weighted by atomic mass is 16.6. The third-order valence-corrected chi connectivity index (χ3v) is 5.93. The molecule has 0 saturated carbocycles. The molecule has 1 fully saturated rings. The Bertz CT molecular complexity index is 1100. The van der Waals surface area contributed by atoms with Gasteiger partial charge in [-0.1, -0.05) is 31.2 Å². The summed E-state index contributed by atoms with van der Waals surface area (Å²) in [4.78, 5) is 38.5. The van der Waals surface area contributed by atoms with Crippen molar-refractivity contribution in [1.29, 1.82) is 0 Å². The number of ether oxygens (including phenoxy) is 1. The van der Waals surface area contributed by atoms with Crippen molar-refractivity contribution in [3.8, 4) is 5.75 Å². The summed E-state index contributed by atoms with van der Waals surface area (Å²) in [6.45, 7) is 1.82. The third-order valence-electron chi connectivity index (χ3n) is 5.93. The van der Waals surface area contributed by atoms with Crippen molar-refractivity contribution in [2.24, 2.45) is 5.92 Å². The highest BCUT2D eigenvalue weighted by molar-refractivity contribution is 6.25. The molecule has 2 aliphatic heterocycles. The number of nitro groups is 1. The number of nitrogens with zero attached hydrogens (tertiary/aromatic N) is 3. The fourth-order valence-corrected chi connectivity index (χ4v) is 4.23. The van der Waals surface area contributed by atoms with Crippen molar-refractivity contribution in [2.45, 2.75) is 31.5 Å². The largest absolute Gasteiger partial charge is 0.495 e. The first-order valence-electron chi connectivity index (χ1n) is 10.5. The molecule has 0 aromatic heterocycles. The van der Waals surface area contributed by atoms with E-state index in [1.54, 1.807) is 41.4 Å². The van der Waals surface area contributed by atoms with Gasteiger partial charge in [-0.15, -0.1) is 0 Å². The summed E-state index contributed by atoms with van der Waals surface area (Å²) in [7, 11) is 1.47. The van der Waals surface area contributed by atoms with E-state index in [0.29, 0.717) is 23.5 Å². The fourth-order valence-electron chi connectivity index (χ4n) is 4.23. The number of carbonyl (C=O) groups excluding carboxylic acids is 2. The molecule has 10 heteroatoms. The maximum absolute atomic E-state index is 13.6. The second kappa shape index (κ2) is 9.00. The van der Waals surface area contributed by atoms with Gasteiger partial charge in [-0.25, -0.2) is 9.91 Å². The van der Waals surface area contributed by atoms with Gasteiger partial charge in [0.15, 0.2) is 0 Å². The molecule has 0 unspecified atom stereocenters. The zero-order valence-corrected chi connectivity index (χ0v) is 18.1. The first-order chi connectivity index (χ1) is 15.9. The lowest BCUT2D eigenvalue weighted by Crippen LogP contribution is -2.57. The van der Waals surface area contributed by atoms with Gasteiger partial charge in [-0.3, -0.25) is 19.7 Å². The number of nitro benzene ring substituents is 1. The second-order valence-corrected chi connectivity index (χ2v) is 7.83. The molecule has 172 valence electrons. The average molecular weight is 452 g/mol. The maximum atomic E-state index is 13.6. The fraction of sp³-hybridized carbons (Fsp3) is 0.304. The predicted molar refractivity (Wildman–Crippen MR) is 121 cm³/mol. The number of rotatable bonds is 7. The minimum absolute atomic E-state index is 0.0726. The van der Waals surface area contributed by atoms with Crippen molar-refractivity contribution in [2.75, 3.05) is 17.4 Å². The molecule has 0 bridgehead atoms. The monoisotopic (exact) mass is 452 g/mol. The van der Waals surface area contributed by atoms with Crippen LogP contribution in [0.1, 0.15) is 13.3 Å². The lowest BCUT2D eigenvalue weighted by molar-refractivity contribution is -0.384. The minimum atomic E-state index is -0.922. The van der Waals surface area contributed by atoms with Gasteiger partial charge in [0.05, 0.1) is 35.8 Å². The van der Waals surface area contributed by atoms with Crippen LogP contribution in [0, 0.1) is 16.0 Å². The molecule has 33 heavy (non-hydrogen) atoms. The Balaban J connectivity index is 1.72. The number of carbonyl (C=O) groups is 2. The maximum Gasteiger partial charge on any atom is 0.269 e. The Hall–Kier alpha value is -3.76. The van der Waals surface area contributed by atoms with Crippen LogP contribution in [0.25, 0.3) is 0 Å². The van der Waals surface area contributed by atoms with Crippen LogP contribution in [0.4, 0.5) is 17.1 Å². The molecule has 2 aliphatic rings. The number of hydrazine groups is 1. The van der Waals surface area contributed by atoms with Crippen LogP contribution < -0.4 is 15.1 Å². The number of hydrogen-bond acceptors (Lipinski definition) is 8. The van der Waals surface area contributed by atoms with Crippen LogP contribution >= 0.6 is 0 Å². The molecule has 2 aromatic carbocycles. The van der Waals surface area contributed by atoms with Crippen LogP contribution in [0.2, 0.25) is 0 Å². The van der Waals surface area contributed by atoms with E-state index in [1.807, 2.05) is 6.92 Å². The Morgan fingerprint density at radius 2 is 1.82 bits per heavy atom. The molecule has 1 saturated heterocycles. The van der Waals surface area contributed by atoms with E-state index in [-0.39, 0.29) is 5.69 Å². The Morgan fingerprint density at radius 1 is 1.12 bits per heavy atom. The van der Waals surface area contributed by atoms with Gasteiger partial charge in [0.1, 0.15) is 11.8 Å². The summed E-state index contributed by atoms with van der Waals surface area (Å²) in [5, 5.41) is 23.2. The van der Waals surface area contributed by atoms with Gasteiger partial charge in [0.2, 0.25) is 5.91 Å². The molecule has 2 heterocycles. The molecule has 0 spiro atoms. The van der Waals surface area contributed by atoms with Crippen LogP contribution in [0.3, 0.4) is 0 Å². The van der Waals surface area contributed by atoms with E-state index in [4.69, 9.17) is 4.74 Å². The molecule has 4 atom stereocenters. The zero-order chi connectivity index (χ0) is 23.7. The number of imide groups is 1. The summed E-state index contributed by atoms with van der Waals surface area (Å²) in [6, 6.07) is 11.0. The van der Waals surface area contributed by atoms with Crippen LogP contribution in [-0.2, 0) is 9.59 Å². The molecule has 2 aromatic rings. The molecule has 4 rings (SSSR count). The van der Waals surface area contributed by atoms with Crippen molar-refractivity contribution in [3.63, 3.8) is 0 Å². The van der Waals surface area contributed by atoms with Gasteiger partial charge in [0, 0.05) is 17.8 Å². The first kappa shape index (κ1) is 22.4. The molecule has 2 amide bonds. The van der Waals surface area contributed by atoms with E-state index in [0.717, 1.165) is 4.90 Å². The number of para-hydroxylation sites is 2. The number of aliphatic hydroxyl groups excluding tert-OH is 1. The molecule has 0 radical (unpaired) electrons. The zero-order valence-electron chi connectivity index (χ0n) is 18.1. The molecule has 2 N–H and O–H groups in total. The van der Waals surface area contributed by atoms with Crippen LogP contribution in [0.15, 0.2) is 60.7 Å². The molecule has 10 nitrogen and oxygen atoms in total. The average Bonchev–Trinajstić information content (AvgIpc) is 3.09. The molecule has 0 aliphatic carbocycles. The summed E-state index contributed by atoms with van der Waals surface area (Å²) >= 11 is 0. The Kier molecular flexibility index (Phi) is 6.12. The summed E-state index contributed by atoms with van der Waals surface area (Å²) in [5.41, 5.74) is 3.86. The number of benzene rings is 2. The number of anilines is 2. The van der Waals surface area contributed by atoms with E-state index in [2.05, 4.69) is 5.43 Å². The third kappa shape index (κ3) is 3.94. The quantitative estimate of drug-likeness (QED) is 0.284. The van der Waals surface area contributed by atoms with E-state index >= 15 is 0 Å². The summed E-state index contributed by atoms with van der Waals surface area (Å²) in [5.74, 6) is -1.23. The highest BCUT2D eigenvalue weighted by Crippen LogP contribution is 2.39. The number of non-ortho nitro benzene ring substituents is 1. The first-order valence-corrected chi connectivity index (χ1v) is 10.5. The van der Waals surface area contributed by atoms with Crippen molar-refractivity contribution >= 4 is 28.9 Å². The predicted octanol–water partition coefficient (Wildman–Crippen LogP) is 2.50.